The zero-order valence-corrected chi connectivity index (χ0v) is 7.23. The summed E-state index contributed by atoms with van der Waals surface area (Å²) in [7, 11) is 1.95. The predicted molar refractivity (Wildman–Crippen MR) is 49.6 cm³/mol. The Bertz CT molecular complexity index is 445. The van der Waals surface area contributed by atoms with Gasteiger partial charge in [0.15, 0.2) is 0 Å². The van der Waals surface area contributed by atoms with Gasteiger partial charge in [0.1, 0.15) is 5.75 Å². The average molecular weight is 175 g/mol. The lowest BCUT2D eigenvalue weighted by Crippen LogP contribution is -1.89. The molecule has 2 aromatic rings. The topological polar surface area (TPSA) is 31.2 Å². The van der Waals surface area contributed by atoms with Crippen molar-refractivity contribution in [2.24, 2.45) is 7.05 Å². The van der Waals surface area contributed by atoms with Gasteiger partial charge < -0.3 is 9.30 Å². The SMILES string of the molecule is Cn1ccc2ccc(OC=O)cc21. The van der Waals surface area contributed by atoms with Crippen molar-refractivity contribution in [3.05, 3.63) is 30.5 Å². The molecule has 0 saturated carbocycles. The van der Waals surface area contributed by atoms with Crippen LogP contribution in [0.1, 0.15) is 0 Å². The molecule has 0 N–H and O–H groups in total. The number of nitrogens with zero attached hydrogens (tertiary/aromatic N) is 1. The third-order valence-corrected chi connectivity index (χ3v) is 2.04. The number of carbonyl (C=O) groups excluding carboxylic acids is 1. The number of hydrogen-bond donors (Lipinski definition) is 0. The minimum atomic E-state index is 0.435. The highest BCUT2D eigenvalue weighted by Gasteiger charge is 1.99. The Kier molecular flexibility index (Phi) is 1.77. The van der Waals surface area contributed by atoms with E-state index in [2.05, 4.69) is 0 Å². The molecule has 0 aliphatic heterocycles. The molecule has 66 valence electrons. The molecule has 0 radical (unpaired) electrons. The number of rotatable bonds is 2. The van der Waals surface area contributed by atoms with Crippen molar-refractivity contribution in [1.29, 1.82) is 0 Å². The highest BCUT2D eigenvalue weighted by Crippen LogP contribution is 2.20. The van der Waals surface area contributed by atoms with Crippen LogP contribution < -0.4 is 4.74 Å². The van der Waals surface area contributed by atoms with Crippen molar-refractivity contribution in [2.75, 3.05) is 0 Å². The van der Waals surface area contributed by atoms with Crippen molar-refractivity contribution in [3.8, 4) is 5.75 Å². The summed E-state index contributed by atoms with van der Waals surface area (Å²) in [6.07, 6.45) is 1.97. The summed E-state index contributed by atoms with van der Waals surface area (Å²) in [4.78, 5) is 10.1. The van der Waals surface area contributed by atoms with Crippen molar-refractivity contribution >= 4 is 17.4 Å². The zero-order chi connectivity index (χ0) is 9.26. The Morgan fingerprint density at radius 1 is 1.38 bits per heavy atom. The summed E-state index contributed by atoms with van der Waals surface area (Å²) in [6.45, 7) is 0.435. The molecule has 1 aromatic carbocycles. The fourth-order valence-corrected chi connectivity index (χ4v) is 1.37. The number of ether oxygens (including phenoxy) is 1. The third-order valence-electron chi connectivity index (χ3n) is 2.04. The van der Waals surface area contributed by atoms with Gasteiger partial charge in [-0.3, -0.25) is 4.79 Å². The number of hydrogen-bond acceptors (Lipinski definition) is 2. The molecule has 0 aliphatic rings. The van der Waals surface area contributed by atoms with E-state index in [4.69, 9.17) is 4.74 Å². The van der Waals surface area contributed by atoms with Crippen LogP contribution in [-0.4, -0.2) is 11.0 Å². The molecule has 1 heterocycles. The van der Waals surface area contributed by atoms with Gasteiger partial charge in [-0.1, -0.05) is 0 Å². The van der Waals surface area contributed by atoms with E-state index in [1.54, 1.807) is 6.07 Å². The monoisotopic (exact) mass is 175 g/mol. The molecule has 3 nitrogen and oxygen atoms in total. The fraction of sp³-hybridized carbons (Fsp3) is 0.100. The number of aryl methyl sites for hydroxylation is 1. The summed E-state index contributed by atoms with van der Waals surface area (Å²) in [6, 6.07) is 7.55. The molecule has 0 aliphatic carbocycles. The Morgan fingerprint density at radius 3 is 3.00 bits per heavy atom. The summed E-state index contributed by atoms with van der Waals surface area (Å²) < 4.78 is 6.72. The van der Waals surface area contributed by atoms with E-state index in [0.717, 1.165) is 10.9 Å². The Balaban J connectivity index is 2.58. The van der Waals surface area contributed by atoms with E-state index in [9.17, 15) is 4.79 Å². The fourth-order valence-electron chi connectivity index (χ4n) is 1.37. The largest absolute Gasteiger partial charge is 0.429 e. The molecule has 3 heteroatoms. The van der Waals surface area contributed by atoms with E-state index in [1.807, 2.05) is 36.0 Å². The molecule has 1 aromatic heterocycles. The molecule has 13 heavy (non-hydrogen) atoms. The maximum Gasteiger partial charge on any atom is 0.298 e. The van der Waals surface area contributed by atoms with Crippen LogP contribution in [0.4, 0.5) is 0 Å². The minimum Gasteiger partial charge on any atom is -0.429 e. The third kappa shape index (κ3) is 1.28. The van der Waals surface area contributed by atoms with Crippen LogP contribution in [0.15, 0.2) is 30.5 Å². The highest BCUT2D eigenvalue weighted by molar-refractivity contribution is 5.81. The maximum atomic E-state index is 10.1. The number of aromatic nitrogens is 1. The van der Waals surface area contributed by atoms with Gasteiger partial charge in [0, 0.05) is 19.3 Å². The van der Waals surface area contributed by atoms with Gasteiger partial charge in [0.25, 0.3) is 6.47 Å². The van der Waals surface area contributed by atoms with Crippen LogP contribution >= 0.6 is 0 Å². The normalized spacial score (nSPS) is 10.2. The second kappa shape index (κ2) is 2.94. The van der Waals surface area contributed by atoms with Crippen LogP contribution in [0.2, 0.25) is 0 Å². The minimum absolute atomic E-state index is 0.435. The van der Waals surface area contributed by atoms with Crippen molar-refractivity contribution < 1.29 is 9.53 Å². The smallest absolute Gasteiger partial charge is 0.298 e. The summed E-state index contributed by atoms with van der Waals surface area (Å²) in [5.74, 6) is 0.573. The molecule has 0 unspecified atom stereocenters. The van der Waals surface area contributed by atoms with E-state index < -0.39 is 0 Å². The Hall–Kier alpha value is -1.77. The summed E-state index contributed by atoms with van der Waals surface area (Å²) in [5.41, 5.74) is 1.05. The Labute approximate surface area is 75.5 Å². The van der Waals surface area contributed by atoms with Gasteiger partial charge in [0.2, 0.25) is 0 Å². The number of fused-ring (bicyclic) bond motifs is 1. The lowest BCUT2D eigenvalue weighted by Gasteiger charge is -1.99. The summed E-state index contributed by atoms with van der Waals surface area (Å²) >= 11 is 0. The first kappa shape index (κ1) is 7.86. The number of carbonyl (C=O) groups is 1. The molecule has 0 bridgehead atoms. The average Bonchev–Trinajstić information content (AvgIpc) is 2.49. The molecular formula is C10H9NO2. The van der Waals surface area contributed by atoms with E-state index in [-0.39, 0.29) is 0 Å². The van der Waals surface area contributed by atoms with Crippen molar-refractivity contribution in [3.63, 3.8) is 0 Å². The van der Waals surface area contributed by atoms with E-state index in [0.29, 0.717) is 12.2 Å². The lowest BCUT2D eigenvalue weighted by atomic mass is 10.2. The van der Waals surface area contributed by atoms with E-state index >= 15 is 0 Å². The van der Waals surface area contributed by atoms with Crippen LogP contribution in [0.3, 0.4) is 0 Å². The van der Waals surface area contributed by atoms with Crippen molar-refractivity contribution in [1.82, 2.24) is 4.57 Å². The van der Waals surface area contributed by atoms with Crippen LogP contribution in [0.5, 0.6) is 5.75 Å². The first-order chi connectivity index (χ1) is 6.31. The van der Waals surface area contributed by atoms with E-state index in [1.165, 1.54) is 0 Å². The quantitative estimate of drug-likeness (QED) is 0.650. The van der Waals surface area contributed by atoms with Gasteiger partial charge in [-0.05, 0) is 23.6 Å². The van der Waals surface area contributed by atoms with Gasteiger partial charge in [-0.25, -0.2) is 0 Å². The number of benzene rings is 1. The van der Waals surface area contributed by atoms with Crippen LogP contribution in [0, 0.1) is 0 Å². The van der Waals surface area contributed by atoms with Gasteiger partial charge in [-0.15, -0.1) is 0 Å². The maximum absolute atomic E-state index is 10.1. The van der Waals surface area contributed by atoms with Gasteiger partial charge >= 0.3 is 0 Å². The molecular weight excluding hydrogens is 166 g/mol. The first-order valence-electron chi connectivity index (χ1n) is 3.96. The van der Waals surface area contributed by atoms with Crippen LogP contribution in [-0.2, 0) is 11.8 Å². The summed E-state index contributed by atoms with van der Waals surface area (Å²) in [5, 5.41) is 1.14. The second-order valence-corrected chi connectivity index (χ2v) is 2.86. The lowest BCUT2D eigenvalue weighted by molar-refractivity contribution is -0.120. The Morgan fingerprint density at radius 2 is 2.23 bits per heavy atom. The highest BCUT2D eigenvalue weighted by atomic mass is 16.5. The predicted octanol–water partition coefficient (Wildman–Crippen LogP) is 1.71. The zero-order valence-electron chi connectivity index (χ0n) is 7.23. The van der Waals surface area contributed by atoms with Gasteiger partial charge in [-0.2, -0.15) is 0 Å². The second-order valence-electron chi connectivity index (χ2n) is 2.86. The standard InChI is InChI=1S/C10H9NO2/c1-11-5-4-8-2-3-9(13-7-12)6-10(8)11/h2-7H,1H3. The van der Waals surface area contributed by atoms with Gasteiger partial charge in [0.05, 0.1) is 5.52 Å². The molecule has 0 fully saturated rings. The molecule has 2 rings (SSSR count). The molecule has 0 spiro atoms. The molecule has 0 amide bonds. The van der Waals surface area contributed by atoms with Crippen LogP contribution in [0.25, 0.3) is 10.9 Å². The molecule has 0 saturated heterocycles. The first-order valence-corrected chi connectivity index (χ1v) is 3.96. The van der Waals surface area contributed by atoms with Crippen molar-refractivity contribution in [2.45, 2.75) is 0 Å². The molecule has 0 atom stereocenters.